The fourth-order valence-electron chi connectivity index (χ4n) is 2.00. The monoisotopic (exact) mass is 288 g/mol. The van der Waals surface area contributed by atoms with Crippen LogP contribution in [0.2, 0.25) is 25.7 Å². The van der Waals surface area contributed by atoms with E-state index < -0.39 is 14.0 Å². The fourth-order valence-corrected chi connectivity index (χ4v) is 2.71. The van der Waals surface area contributed by atoms with Crippen LogP contribution in [0.1, 0.15) is 10.4 Å². The van der Waals surface area contributed by atoms with Crippen LogP contribution in [0.15, 0.2) is 36.4 Å². The summed E-state index contributed by atoms with van der Waals surface area (Å²) in [6.45, 7) is 7.11. The standard InChI is InChI=1S/C16H20O3Si/c1-20(2,3)11-10-19-16(18)15-13-7-5-4-6-12(13)8-9-14(15)17/h4-9,17H,10-11H2,1-3H3. The van der Waals surface area contributed by atoms with Gasteiger partial charge in [0.2, 0.25) is 0 Å². The number of esters is 1. The first-order valence-corrected chi connectivity index (χ1v) is 10.5. The van der Waals surface area contributed by atoms with E-state index in [-0.39, 0.29) is 11.3 Å². The number of rotatable bonds is 4. The van der Waals surface area contributed by atoms with Crippen LogP contribution in [0, 0.1) is 0 Å². The molecule has 1 N–H and O–H groups in total. The van der Waals surface area contributed by atoms with Crippen molar-refractivity contribution in [1.82, 2.24) is 0 Å². The molecule has 2 aromatic carbocycles. The lowest BCUT2D eigenvalue weighted by atomic mass is 10.0. The molecule has 0 spiro atoms. The molecule has 106 valence electrons. The van der Waals surface area contributed by atoms with E-state index in [2.05, 4.69) is 19.6 Å². The van der Waals surface area contributed by atoms with Crippen LogP contribution in [0.5, 0.6) is 5.75 Å². The third kappa shape index (κ3) is 3.39. The number of ether oxygens (including phenoxy) is 1. The minimum atomic E-state index is -1.23. The molecule has 2 rings (SSSR count). The van der Waals surface area contributed by atoms with Gasteiger partial charge < -0.3 is 9.84 Å². The smallest absolute Gasteiger partial charge is 0.342 e. The summed E-state index contributed by atoms with van der Waals surface area (Å²) in [6, 6.07) is 11.7. The molecular weight excluding hydrogens is 268 g/mol. The van der Waals surface area contributed by atoms with E-state index in [1.165, 1.54) is 6.07 Å². The van der Waals surface area contributed by atoms with Gasteiger partial charge in [0.25, 0.3) is 0 Å². The maximum atomic E-state index is 12.2. The minimum absolute atomic E-state index is 0.0262. The van der Waals surface area contributed by atoms with Crippen molar-refractivity contribution in [2.24, 2.45) is 0 Å². The second-order valence-electron chi connectivity index (χ2n) is 6.13. The van der Waals surface area contributed by atoms with Crippen LogP contribution in [0.25, 0.3) is 10.8 Å². The Labute approximate surface area is 120 Å². The molecule has 0 saturated heterocycles. The van der Waals surface area contributed by atoms with E-state index in [9.17, 15) is 9.90 Å². The molecule has 0 fully saturated rings. The molecule has 2 aromatic rings. The highest BCUT2D eigenvalue weighted by atomic mass is 28.3. The van der Waals surface area contributed by atoms with Crippen LogP contribution >= 0.6 is 0 Å². The zero-order valence-electron chi connectivity index (χ0n) is 12.1. The second kappa shape index (κ2) is 5.67. The van der Waals surface area contributed by atoms with Gasteiger partial charge in [-0.1, -0.05) is 50.0 Å². The van der Waals surface area contributed by atoms with Crippen molar-refractivity contribution in [3.05, 3.63) is 42.0 Å². The molecule has 0 heterocycles. The highest BCUT2D eigenvalue weighted by Gasteiger charge is 2.18. The maximum absolute atomic E-state index is 12.2. The Morgan fingerprint density at radius 2 is 1.85 bits per heavy atom. The SMILES string of the molecule is C[Si](C)(C)CCOC(=O)c1c(O)ccc2ccccc12. The first-order chi connectivity index (χ1) is 9.38. The van der Waals surface area contributed by atoms with Crippen molar-refractivity contribution in [2.75, 3.05) is 6.61 Å². The van der Waals surface area contributed by atoms with Crippen LogP contribution in [-0.4, -0.2) is 25.8 Å². The summed E-state index contributed by atoms with van der Waals surface area (Å²) in [4.78, 5) is 12.2. The normalized spacial score (nSPS) is 11.6. The molecule has 0 bridgehead atoms. The van der Waals surface area contributed by atoms with E-state index in [1.54, 1.807) is 6.07 Å². The van der Waals surface area contributed by atoms with Gasteiger partial charge in [0.05, 0.1) is 6.61 Å². The largest absolute Gasteiger partial charge is 0.507 e. The van der Waals surface area contributed by atoms with Crippen LogP contribution in [0.3, 0.4) is 0 Å². The first kappa shape index (κ1) is 14.6. The number of fused-ring (bicyclic) bond motifs is 1. The van der Waals surface area contributed by atoms with E-state index in [0.717, 1.165) is 16.8 Å². The Morgan fingerprint density at radius 1 is 1.15 bits per heavy atom. The van der Waals surface area contributed by atoms with Gasteiger partial charge in [-0.05, 0) is 22.9 Å². The second-order valence-corrected chi connectivity index (χ2v) is 11.7. The number of aromatic hydroxyl groups is 1. The molecule has 0 radical (unpaired) electrons. The Hall–Kier alpha value is -1.81. The number of phenolic OH excluding ortho intramolecular Hbond substituents is 1. The first-order valence-electron chi connectivity index (χ1n) is 6.76. The number of hydrogen-bond acceptors (Lipinski definition) is 3. The van der Waals surface area contributed by atoms with Crippen LogP contribution in [0.4, 0.5) is 0 Å². The van der Waals surface area contributed by atoms with E-state index >= 15 is 0 Å². The topological polar surface area (TPSA) is 46.5 Å². The Bertz CT molecular complexity index is 629. The molecule has 0 atom stereocenters. The third-order valence-electron chi connectivity index (χ3n) is 3.20. The average Bonchev–Trinajstić information content (AvgIpc) is 2.36. The van der Waals surface area contributed by atoms with Crippen LogP contribution < -0.4 is 0 Å². The van der Waals surface area contributed by atoms with Gasteiger partial charge >= 0.3 is 5.97 Å². The lowest BCUT2D eigenvalue weighted by Crippen LogP contribution is -2.22. The molecule has 4 heteroatoms. The lowest BCUT2D eigenvalue weighted by Gasteiger charge is -2.16. The summed E-state index contributed by atoms with van der Waals surface area (Å²) >= 11 is 0. The predicted octanol–water partition coefficient (Wildman–Crippen LogP) is 4.04. The van der Waals surface area contributed by atoms with E-state index in [1.807, 2.05) is 24.3 Å². The van der Waals surface area contributed by atoms with Gasteiger partial charge in [0.1, 0.15) is 11.3 Å². The number of carbonyl (C=O) groups is 1. The zero-order valence-corrected chi connectivity index (χ0v) is 13.1. The predicted molar refractivity (Wildman–Crippen MR) is 84.0 cm³/mol. The molecule has 3 nitrogen and oxygen atoms in total. The number of phenols is 1. The van der Waals surface area contributed by atoms with Crippen LogP contribution in [-0.2, 0) is 4.74 Å². The minimum Gasteiger partial charge on any atom is -0.507 e. The van der Waals surface area contributed by atoms with E-state index in [0.29, 0.717) is 6.61 Å². The molecule has 0 aliphatic carbocycles. The van der Waals surface area contributed by atoms with Crippen molar-refractivity contribution in [3.63, 3.8) is 0 Å². The molecular formula is C16H20O3Si. The van der Waals surface area contributed by atoms with Crippen molar-refractivity contribution in [3.8, 4) is 5.75 Å². The van der Waals surface area contributed by atoms with Crippen molar-refractivity contribution < 1.29 is 14.6 Å². The maximum Gasteiger partial charge on any atom is 0.342 e. The fraction of sp³-hybridized carbons (Fsp3) is 0.312. The Balaban J connectivity index is 2.23. The van der Waals surface area contributed by atoms with Gasteiger partial charge in [0.15, 0.2) is 0 Å². The molecule has 0 aromatic heterocycles. The molecule has 20 heavy (non-hydrogen) atoms. The van der Waals surface area contributed by atoms with Crippen molar-refractivity contribution in [2.45, 2.75) is 25.7 Å². The molecule has 0 amide bonds. The molecule has 0 saturated carbocycles. The summed E-state index contributed by atoms with van der Waals surface area (Å²) in [6.07, 6.45) is 0. The lowest BCUT2D eigenvalue weighted by molar-refractivity contribution is 0.0524. The van der Waals surface area contributed by atoms with Crippen molar-refractivity contribution in [1.29, 1.82) is 0 Å². The third-order valence-corrected chi connectivity index (χ3v) is 4.90. The van der Waals surface area contributed by atoms with Gasteiger partial charge in [-0.2, -0.15) is 0 Å². The van der Waals surface area contributed by atoms with Gasteiger partial charge in [-0.3, -0.25) is 0 Å². The Kier molecular flexibility index (Phi) is 4.14. The number of benzene rings is 2. The average molecular weight is 288 g/mol. The zero-order chi connectivity index (χ0) is 14.8. The Morgan fingerprint density at radius 3 is 2.55 bits per heavy atom. The highest BCUT2D eigenvalue weighted by molar-refractivity contribution is 6.76. The summed E-state index contributed by atoms with van der Waals surface area (Å²) < 4.78 is 5.33. The quantitative estimate of drug-likeness (QED) is 0.682. The van der Waals surface area contributed by atoms with Crippen molar-refractivity contribution >= 4 is 24.8 Å². The molecule has 0 aliphatic rings. The summed E-state index contributed by atoms with van der Waals surface area (Å²) in [5.74, 6) is -0.473. The summed E-state index contributed by atoms with van der Waals surface area (Å²) in [5.41, 5.74) is 0.263. The summed E-state index contributed by atoms with van der Waals surface area (Å²) in [7, 11) is -1.23. The van der Waals surface area contributed by atoms with E-state index in [4.69, 9.17) is 4.74 Å². The highest BCUT2D eigenvalue weighted by Crippen LogP contribution is 2.27. The molecule has 0 aliphatic heterocycles. The van der Waals surface area contributed by atoms with Gasteiger partial charge in [-0.25, -0.2) is 4.79 Å². The molecule has 0 unspecified atom stereocenters. The number of hydrogen-bond donors (Lipinski definition) is 1. The van der Waals surface area contributed by atoms with Gasteiger partial charge in [0, 0.05) is 8.07 Å². The van der Waals surface area contributed by atoms with Gasteiger partial charge in [-0.15, -0.1) is 0 Å². The summed E-state index contributed by atoms with van der Waals surface area (Å²) in [5, 5.41) is 11.6. The number of carbonyl (C=O) groups excluding carboxylic acids is 1.